The van der Waals surface area contributed by atoms with E-state index in [9.17, 15) is 54.2 Å². The van der Waals surface area contributed by atoms with Gasteiger partial charge in [0.25, 0.3) is 15.6 Å². The first-order valence-corrected chi connectivity index (χ1v) is 14.7. The fourth-order valence-electron chi connectivity index (χ4n) is 5.14. The molecule has 1 amide bonds. The molecule has 3 aromatic carbocycles. The first kappa shape index (κ1) is 33.2. The van der Waals surface area contributed by atoms with Crippen molar-refractivity contribution in [2.75, 3.05) is 10.9 Å². The predicted molar refractivity (Wildman–Crippen MR) is 144 cm³/mol. The van der Waals surface area contributed by atoms with Crippen LogP contribution in [-0.2, 0) is 33.3 Å². The summed E-state index contributed by atoms with van der Waals surface area (Å²) in [7, 11) is -4.64. The monoisotopic (exact) mass is 648 g/mol. The first-order valence-electron chi connectivity index (χ1n) is 13.2. The van der Waals surface area contributed by atoms with E-state index in [0.29, 0.717) is 22.5 Å². The minimum absolute atomic E-state index is 0.205. The van der Waals surface area contributed by atoms with Gasteiger partial charge in [-0.3, -0.25) is 9.10 Å². The molecule has 7 nitrogen and oxygen atoms in total. The van der Waals surface area contributed by atoms with Gasteiger partial charge in [-0.2, -0.15) is 26.3 Å². The van der Waals surface area contributed by atoms with Crippen LogP contribution in [0.3, 0.4) is 0 Å². The van der Waals surface area contributed by atoms with E-state index in [-0.39, 0.29) is 30.5 Å². The van der Waals surface area contributed by atoms with Gasteiger partial charge in [0, 0.05) is 12.0 Å². The van der Waals surface area contributed by atoms with Crippen LogP contribution in [-0.4, -0.2) is 55.6 Å². The van der Waals surface area contributed by atoms with Gasteiger partial charge in [0.1, 0.15) is 5.82 Å². The first-order chi connectivity index (χ1) is 20.5. The number of aryl methyl sites for hydroxylation is 1. The van der Waals surface area contributed by atoms with Gasteiger partial charge in [-0.25, -0.2) is 12.8 Å². The average molecular weight is 649 g/mol. The van der Waals surface area contributed by atoms with Crippen LogP contribution in [0.1, 0.15) is 29.5 Å². The zero-order valence-electron chi connectivity index (χ0n) is 22.7. The largest absolute Gasteiger partial charge is 0.430 e. The summed E-state index contributed by atoms with van der Waals surface area (Å²) in [6.45, 7) is -0.449. The number of carbonyl (C=O) groups excluding carboxylic acids is 1. The molecule has 238 valence electrons. The molecule has 1 aliphatic heterocycles. The number of hydrogen-bond acceptors (Lipinski definition) is 5. The van der Waals surface area contributed by atoms with Crippen LogP contribution >= 0.6 is 0 Å². The summed E-state index contributed by atoms with van der Waals surface area (Å²) in [6, 6.07) is 12.0. The number of hydrogen-bond donors (Lipinski definition) is 3. The Kier molecular flexibility index (Phi) is 9.33. The van der Waals surface area contributed by atoms with Crippen LogP contribution in [0.25, 0.3) is 0 Å². The van der Waals surface area contributed by atoms with Crippen LogP contribution in [0.2, 0.25) is 0 Å². The lowest BCUT2D eigenvalue weighted by Crippen LogP contribution is -2.54. The van der Waals surface area contributed by atoms with Gasteiger partial charge in [0.05, 0.1) is 29.3 Å². The molecule has 0 unspecified atom stereocenters. The van der Waals surface area contributed by atoms with E-state index in [1.807, 2.05) is 0 Å². The van der Waals surface area contributed by atoms with Crippen LogP contribution < -0.4 is 9.62 Å². The topological polar surface area (TPSA) is 107 Å². The Morgan fingerprint density at radius 3 is 2.14 bits per heavy atom. The zero-order valence-corrected chi connectivity index (χ0v) is 23.6. The SMILES string of the molecule is O=C(C[C@@H]1CCc2cc(C(O)(C(F)(F)F)C(F)(F)F)ccc2N1S(=O)(=O)c1ccc(F)cc1)N[C@H](CO)Cc1ccccc1. The van der Waals surface area contributed by atoms with E-state index in [1.165, 1.54) is 0 Å². The van der Waals surface area contributed by atoms with Crippen molar-refractivity contribution in [1.29, 1.82) is 0 Å². The van der Waals surface area contributed by atoms with Gasteiger partial charge < -0.3 is 15.5 Å². The molecule has 15 heteroatoms. The Morgan fingerprint density at radius 1 is 0.955 bits per heavy atom. The average Bonchev–Trinajstić information content (AvgIpc) is 2.95. The number of nitrogens with one attached hydrogen (secondary N) is 1. The summed E-state index contributed by atoms with van der Waals surface area (Å²) in [5, 5.41) is 22.3. The molecule has 0 saturated carbocycles. The van der Waals surface area contributed by atoms with Crippen molar-refractivity contribution < 1.29 is 54.2 Å². The zero-order chi connectivity index (χ0) is 32.5. The quantitative estimate of drug-likeness (QED) is 0.291. The highest BCUT2D eigenvalue weighted by Gasteiger charge is 2.71. The summed E-state index contributed by atoms with van der Waals surface area (Å²) in [6.07, 6.45) is -13.0. The van der Waals surface area contributed by atoms with Gasteiger partial charge >= 0.3 is 12.4 Å². The minimum Gasteiger partial charge on any atom is -0.394 e. The maximum atomic E-state index is 13.8. The second kappa shape index (κ2) is 12.4. The minimum atomic E-state index is -6.16. The van der Waals surface area contributed by atoms with Gasteiger partial charge in [0.15, 0.2) is 0 Å². The molecule has 3 aromatic rings. The van der Waals surface area contributed by atoms with Crippen molar-refractivity contribution in [1.82, 2.24) is 5.32 Å². The van der Waals surface area contributed by atoms with E-state index in [0.717, 1.165) is 29.8 Å². The summed E-state index contributed by atoms with van der Waals surface area (Å²) >= 11 is 0. The Balaban J connectivity index is 1.72. The van der Waals surface area contributed by atoms with Crippen molar-refractivity contribution in [2.24, 2.45) is 0 Å². The molecule has 0 fully saturated rings. The van der Waals surface area contributed by atoms with Gasteiger partial charge in [-0.05, 0) is 60.7 Å². The number of amides is 1. The molecule has 2 atom stereocenters. The Morgan fingerprint density at radius 2 is 1.57 bits per heavy atom. The third-order valence-electron chi connectivity index (χ3n) is 7.34. The molecule has 0 bridgehead atoms. The summed E-state index contributed by atoms with van der Waals surface area (Å²) in [5.74, 6) is -1.44. The third-order valence-corrected chi connectivity index (χ3v) is 9.22. The Bertz CT molecular complexity index is 1570. The highest BCUT2D eigenvalue weighted by molar-refractivity contribution is 7.92. The second-order valence-electron chi connectivity index (χ2n) is 10.3. The normalized spacial score (nSPS) is 16.8. The summed E-state index contributed by atoms with van der Waals surface area (Å²) < 4.78 is 123. The Labute approximate surface area is 248 Å². The number of carbonyl (C=O) groups is 1. The highest BCUT2D eigenvalue weighted by atomic mass is 32.2. The molecular formula is C29H27F7N2O5S. The smallest absolute Gasteiger partial charge is 0.394 e. The number of aliphatic hydroxyl groups is 2. The van der Waals surface area contributed by atoms with Crippen molar-refractivity contribution in [2.45, 2.75) is 60.6 Å². The standard InChI is InChI=1S/C29H27F7N2O5S/c30-21-8-11-24(12-9-21)44(42,43)38-23(16-26(40)37-22(17-39)14-18-4-2-1-3-5-18)10-6-19-15-20(7-13-25(19)38)27(41,28(31,32)33)29(34,35)36/h1-5,7-9,11-13,15,22-23,39,41H,6,10,14,16-17H2,(H,37,40)/t22-,23-/m0/s1. The number of aliphatic hydroxyl groups excluding tert-OH is 1. The molecule has 0 saturated heterocycles. The summed E-state index contributed by atoms with van der Waals surface area (Å²) in [5.41, 5.74) is -6.55. The fourth-order valence-corrected chi connectivity index (χ4v) is 6.86. The van der Waals surface area contributed by atoms with Gasteiger partial charge in [0.2, 0.25) is 5.91 Å². The van der Waals surface area contributed by atoms with Crippen LogP contribution in [0.5, 0.6) is 0 Å². The number of sulfonamides is 1. The lowest BCUT2D eigenvalue weighted by atomic mass is 9.87. The highest BCUT2D eigenvalue weighted by Crippen LogP contribution is 2.51. The molecule has 1 aliphatic rings. The van der Waals surface area contributed by atoms with Crippen LogP contribution in [0, 0.1) is 5.82 Å². The maximum absolute atomic E-state index is 13.8. The van der Waals surface area contributed by atoms with Gasteiger partial charge in [-0.15, -0.1) is 0 Å². The molecule has 1 heterocycles. The molecule has 0 aliphatic carbocycles. The number of alkyl halides is 6. The van der Waals surface area contributed by atoms with Crippen LogP contribution in [0.4, 0.5) is 36.4 Å². The number of fused-ring (bicyclic) bond motifs is 1. The van der Waals surface area contributed by atoms with Crippen molar-refractivity contribution >= 4 is 21.6 Å². The number of rotatable bonds is 9. The lowest BCUT2D eigenvalue weighted by molar-refractivity contribution is -0.376. The van der Waals surface area contributed by atoms with E-state index < -0.39 is 75.3 Å². The summed E-state index contributed by atoms with van der Waals surface area (Å²) in [4.78, 5) is 12.6. The molecule has 0 aromatic heterocycles. The number of benzene rings is 3. The lowest BCUT2D eigenvalue weighted by Gasteiger charge is -2.39. The van der Waals surface area contributed by atoms with E-state index in [4.69, 9.17) is 0 Å². The predicted octanol–water partition coefficient (Wildman–Crippen LogP) is 4.76. The third kappa shape index (κ3) is 6.54. The Hall–Kier alpha value is -3.69. The van der Waals surface area contributed by atoms with E-state index >= 15 is 0 Å². The van der Waals surface area contributed by atoms with Crippen molar-refractivity contribution in [3.63, 3.8) is 0 Å². The second-order valence-corrected chi connectivity index (χ2v) is 12.2. The molecule has 0 radical (unpaired) electrons. The van der Waals surface area contributed by atoms with Crippen molar-refractivity contribution in [3.8, 4) is 0 Å². The van der Waals surface area contributed by atoms with E-state index in [2.05, 4.69) is 5.32 Å². The number of halogens is 7. The van der Waals surface area contributed by atoms with Crippen LogP contribution in [0.15, 0.2) is 77.7 Å². The van der Waals surface area contributed by atoms with E-state index in [1.54, 1.807) is 30.3 Å². The molecular weight excluding hydrogens is 621 g/mol. The number of nitrogens with zero attached hydrogens (tertiary/aromatic N) is 1. The molecule has 4 rings (SSSR count). The maximum Gasteiger partial charge on any atom is 0.430 e. The molecule has 0 spiro atoms. The van der Waals surface area contributed by atoms with Gasteiger partial charge in [-0.1, -0.05) is 42.5 Å². The fraction of sp³-hybridized carbons (Fsp3) is 0.345. The molecule has 44 heavy (non-hydrogen) atoms. The molecule has 3 N–H and O–H groups in total. The number of anilines is 1. The van der Waals surface area contributed by atoms with Crippen molar-refractivity contribution in [3.05, 3.63) is 95.3 Å².